The standard InChI is InChI=1S/C25H22N4O12S2/c1-14(40-25(32)39-13-16-8-10-17(11-9-16)29(33)34)18-22(30)28-19(24(31)38-12-15-6-4-3-5-7-15)20(41-43(2,36)37)21(27-26)42(35)23(18)28/h3-11,14,18,23H,12-13H2,1-2H3/t14?,18-,23+,42?/m0/s1. The highest BCUT2D eigenvalue weighted by molar-refractivity contribution is 8.01. The molecule has 4 atom stereocenters. The minimum Gasteiger partial charge on any atom is -0.456 e. The number of nitro groups is 1. The number of esters is 1. The number of amides is 1. The molecule has 0 saturated carbocycles. The molecule has 18 heteroatoms. The van der Waals surface area contributed by atoms with Gasteiger partial charge < -0.3 is 23.9 Å². The minimum absolute atomic E-state index is 0.165. The highest BCUT2D eigenvalue weighted by atomic mass is 32.2. The third-order valence-corrected chi connectivity index (χ3v) is 8.23. The third-order valence-electron chi connectivity index (χ3n) is 6.17. The van der Waals surface area contributed by atoms with Crippen LogP contribution in [0.25, 0.3) is 5.53 Å². The Hall–Kier alpha value is -4.93. The smallest absolute Gasteiger partial charge is 0.456 e. The van der Waals surface area contributed by atoms with Crippen LogP contribution in [0, 0.1) is 16.0 Å². The number of carbonyl (C=O) groups is 3. The molecule has 4 rings (SSSR count). The van der Waals surface area contributed by atoms with E-state index in [1.54, 1.807) is 30.3 Å². The molecule has 16 nitrogen and oxygen atoms in total. The van der Waals surface area contributed by atoms with Gasteiger partial charge in [0.15, 0.2) is 16.5 Å². The first-order valence-electron chi connectivity index (χ1n) is 12.2. The highest BCUT2D eigenvalue weighted by Crippen LogP contribution is 2.42. The number of ether oxygens (including phenoxy) is 3. The third kappa shape index (κ3) is 6.77. The molecule has 43 heavy (non-hydrogen) atoms. The van der Waals surface area contributed by atoms with Gasteiger partial charge in [-0.1, -0.05) is 30.3 Å². The fourth-order valence-corrected chi connectivity index (χ4v) is 6.36. The summed E-state index contributed by atoms with van der Waals surface area (Å²) in [4.78, 5) is 52.5. The topological polar surface area (TPSA) is 222 Å². The lowest BCUT2D eigenvalue weighted by Gasteiger charge is -2.48. The zero-order valence-corrected chi connectivity index (χ0v) is 24.0. The first kappa shape index (κ1) is 31.0. The number of hydrogen-bond donors (Lipinski definition) is 0. The molecule has 0 bridgehead atoms. The lowest BCUT2D eigenvalue weighted by molar-refractivity contribution is -0.384. The van der Waals surface area contributed by atoms with Crippen LogP contribution in [0.5, 0.6) is 0 Å². The number of fused-ring (bicyclic) bond motifs is 1. The first-order chi connectivity index (χ1) is 20.3. The van der Waals surface area contributed by atoms with Crippen molar-refractivity contribution in [1.29, 1.82) is 0 Å². The molecule has 2 unspecified atom stereocenters. The van der Waals surface area contributed by atoms with E-state index in [-0.39, 0.29) is 18.9 Å². The quantitative estimate of drug-likeness (QED) is 0.0693. The molecule has 2 aliphatic heterocycles. The van der Waals surface area contributed by atoms with E-state index in [0.717, 1.165) is 0 Å². The maximum atomic E-state index is 13.3. The highest BCUT2D eigenvalue weighted by Gasteiger charge is 2.64. The molecule has 0 N–H and O–H groups in total. The van der Waals surface area contributed by atoms with Gasteiger partial charge in [-0.2, -0.15) is 13.2 Å². The monoisotopic (exact) mass is 634 g/mol. The molecular weight excluding hydrogens is 612 g/mol. The number of nitro benzene ring substituents is 1. The van der Waals surface area contributed by atoms with Crippen molar-refractivity contribution in [2.24, 2.45) is 5.92 Å². The summed E-state index contributed by atoms with van der Waals surface area (Å²) >= 11 is 0. The number of non-ortho nitro benzene ring substituents is 1. The van der Waals surface area contributed by atoms with Crippen LogP contribution in [0.2, 0.25) is 0 Å². The molecule has 1 saturated heterocycles. The summed E-state index contributed by atoms with van der Waals surface area (Å²) < 4.78 is 57.5. The van der Waals surface area contributed by atoms with Crippen LogP contribution in [-0.4, -0.2) is 68.0 Å². The van der Waals surface area contributed by atoms with Gasteiger partial charge in [0.25, 0.3) is 11.4 Å². The second-order valence-electron chi connectivity index (χ2n) is 9.14. The van der Waals surface area contributed by atoms with Crippen molar-refractivity contribution in [2.75, 3.05) is 6.26 Å². The molecular formula is C25H22N4O12S2. The van der Waals surface area contributed by atoms with Crippen LogP contribution in [-0.2, 0) is 62.1 Å². The predicted octanol–water partition coefficient (Wildman–Crippen LogP) is 1.74. The molecule has 226 valence electrons. The summed E-state index contributed by atoms with van der Waals surface area (Å²) in [5, 5.41) is 8.48. The molecule has 1 fully saturated rings. The Morgan fingerprint density at radius 2 is 1.70 bits per heavy atom. The Morgan fingerprint density at radius 3 is 2.28 bits per heavy atom. The van der Waals surface area contributed by atoms with E-state index in [9.17, 15) is 42.7 Å². The van der Waals surface area contributed by atoms with Crippen molar-refractivity contribution in [1.82, 2.24) is 4.90 Å². The first-order valence-corrected chi connectivity index (χ1v) is 15.2. The maximum absolute atomic E-state index is 13.3. The fourth-order valence-electron chi connectivity index (χ4n) is 4.21. The van der Waals surface area contributed by atoms with Gasteiger partial charge in [-0.3, -0.25) is 19.8 Å². The van der Waals surface area contributed by atoms with Gasteiger partial charge in [-0.05, 0) is 30.2 Å². The van der Waals surface area contributed by atoms with Gasteiger partial charge in [-0.15, -0.1) is 0 Å². The van der Waals surface area contributed by atoms with Crippen molar-refractivity contribution < 1.29 is 55.1 Å². The zero-order chi connectivity index (χ0) is 31.5. The Bertz CT molecular complexity index is 1690. The summed E-state index contributed by atoms with van der Waals surface area (Å²) in [5.74, 6) is -4.44. The van der Waals surface area contributed by atoms with E-state index in [1.807, 2.05) is 0 Å². The van der Waals surface area contributed by atoms with Gasteiger partial charge in [0.2, 0.25) is 5.91 Å². The van der Waals surface area contributed by atoms with Crippen LogP contribution in [0.4, 0.5) is 10.5 Å². The van der Waals surface area contributed by atoms with Crippen molar-refractivity contribution in [3.8, 4) is 0 Å². The van der Waals surface area contributed by atoms with Crippen molar-refractivity contribution in [2.45, 2.75) is 31.6 Å². The zero-order valence-electron chi connectivity index (χ0n) is 22.3. The number of benzene rings is 2. The molecule has 0 radical (unpaired) electrons. The van der Waals surface area contributed by atoms with Gasteiger partial charge in [0.1, 0.15) is 30.6 Å². The molecule has 0 aromatic heterocycles. The summed E-state index contributed by atoms with van der Waals surface area (Å²) in [5.41, 5.74) is 9.63. The van der Waals surface area contributed by atoms with E-state index in [1.165, 1.54) is 31.2 Å². The Morgan fingerprint density at radius 1 is 1.09 bits per heavy atom. The molecule has 2 aromatic rings. The summed E-state index contributed by atoms with van der Waals surface area (Å²) in [6.07, 6.45) is -1.90. The molecule has 0 aliphatic carbocycles. The summed E-state index contributed by atoms with van der Waals surface area (Å²) in [6.45, 7) is 0.678. The molecule has 2 aliphatic rings. The lowest BCUT2D eigenvalue weighted by atomic mass is 9.91. The predicted molar refractivity (Wildman–Crippen MR) is 144 cm³/mol. The van der Waals surface area contributed by atoms with Crippen LogP contribution in [0.3, 0.4) is 0 Å². The number of carbonyl (C=O) groups excluding carboxylic acids is 3. The largest absolute Gasteiger partial charge is 0.508 e. The Balaban J connectivity index is 1.54. The fraction of sp³-hybridized carbons (Fsp3) is 0.280. The Labute approximate surface area is 246 Å². The maximum Gasteiger partial charge on any atom is 0.508 e. The number of hydrogen-bond acceptors (Lipinski definition) is 12. The molecule has 2 heterocycles. The number of rotatable bonds is 10. The molecule has 0 spiro atoms. The van der Waals surface area contributed by atoms with Gasteiger partial charge >= 0.3 is 27.3 Å². The van der Waals surface area contributed by atoms with Crippen LogP contribution in [0.1, 0.15) is 18.1 Å². The van der Waals surface area contributed by atoms with E-state index in [0.29, 0.717) is 22.3 Å². The van der Waals surface area contributed by atoms with Crippen molar-refractivity contribution in [3.63, 3.8) is 0 Å². The average Bonchev–Trinajstić information content (AvgIpc) is 2.95. The second kappa shape index (κ2) is 12.5. The van der Waals surface area contributed by atoms with Gasteiger partial charge in [-0.25, -0.2) is 13.8 Å². The normalized spacial score (nSPS) is 20.2. The second-order valence-corrected chi connectivity index (χ2v) is 12.2. The van der Waals surface area contributed by atoms with Gasteiger partial charge in [0.05, 0.1) is 11.2 Å². The van der Waals surface area contributed by atoms with Crippen LogP contribution in [0.15, 0.2) is 66.1 Å². The minimum atomic E-state index is -4.39. The SMILES string of the molecule is CC(OC(=O)OCc1ccc([N+](=O)[O-])cc1)[C@H]1C(=O)N2C(C(=O)OCc3ccccc3)=C(OS(C)(=O)=O)C(=[N+]=[N-])S(=O)[C@H]12. The van der Waals surface area contributed by atoms with E-state index >= 15 is 0 Å². The van der Waals surface area contributed by atoms with E-state index < -0.39 is 77.8 Å². The lowest BCUT2D eigenvalue weighted by Crippen LogP contribution is -2.69. The molecule has 1 amide bonds. The summed E-state index contributed by atoms with van der Waals surface area (Å²) in [6, 6.07) is 13.5. The van der Waals surface area contributed by atoms with Crippen molar-refractivity contribution in [3.05, 3.63) is 92.8 Å². The van der Waals surface area contributed by atoms with Gasteiger partial charge in [0, 0.05) is 12.1 Å². The molecule has 2 aromatic carbocycles. The Kier molecular flexibility index (Phi) is 9.03. The van der Waals surface area contributed by atoms with Crippen molar-refractivity contribution >= 4 is 49.7 Å². The number of nitrogens with zero attached hydrogens (tertiary/aromatic N) is 4. The van der Waals surface area contributed by atoms with Crippen LogP contribution < -0.4 is 0 Å². The van der Waals surface area contributed by atoms with Crippen LogP contribution >= 0.6 is 0 Å². The van der Waals surface area contributed by atoms with E-state index in [2.05, 4.69) is 4.79 Å². The summed E-state index contributed by atoms with van der Waals surface area (Å²) in [7, 11) is -6.86. The number of β-lactam (4-membered cyclic amide) rings is 1. The average molecular weight is 635 g/mol. The van der Waals surface area contributed by atoms with E-state index in [4.69, 9.17) is 18.4 Å².